The number of nitrogens with one attached hydrogen (secondary N) is 1. The highest BCUT2D eigenvalue weighted by Gasteiger charge is 1.85. The van der Waals surface area contributed by atoms with Gasteiger partial charge in [-0.15, -0.1) is 0 Å². The third kappa shape index (κ3) is 5.74. The van der Waals surface area contributed by atoms with Crippen molar-refractivity contribution in [2.24, 2.45) is 0 Å². The Balaban J connectivity index is 3.05. The van der Waals surface area contributed by atoms with Crippen molar-refractivity contribution in [3.05, 3.63) is 10.2 Å². The average Bonchev–Trinajstić information content (AvgIpc) is 1.66. The molecule has 0 saturated heterocycles. The summed E-state index contributed by atoms with van der Waals surface area (Å²) in [7, 11) is 0. The van der Waals surface area contributed by atoms with Crippen LogP contribution in [0.5, 0.6) is 0 Å². The van der Waals surface area contributed by atoms with Crippen molar-refractivity contribution in [1.29, 1.82) is 0 Å². The Morgan fingerprint density at radius 3 is 2.88 bits per heavy atom. The molecule has 46 valence electrons. The van der Waals surface area contributed by atoms with E-state index in [1.165, 1.54) is 0 Å². The van der Waals surface area contributed by atoms with E-state index in [2.05, 4.69) is 5.32 Å². The molecule has 4 heteroatoms. The van der Waals surface area contributed by atoms with Crippen molar-refractivity contribution in [2.45, 2.75) is 0 Å². The van der Waals surface area contributed by atoms with E-state index in [-0.39, 0.29) is 0 Å². The van der Waals surface area contributed by atoms with Crippen molar-refractivity contribution in [2.75, 3.05) is 6.54 Å². The van der Waals surface area contributed by atoms with Crippen molar-refractivity contribution in [3.8, 4) is 0 Å². The predicted octanol–water partition coefficient (Wildman–Crippen LogP) is 1.20. The summed E-state index contributed by atoms with van der Waals surface area (Å²) in [5, 5.41) is 10.2. The molecular formula is C4H6INO2. The summed E-state index contributed by atoms with van der Waals surface area (Å²) in [5.74, 6) is 0. The molecule has 0 aliphatic rings. The van der Waals surface area contributed by atoms with Crippen LogP contribution in [0.25, 0.3) is 0 Å². The molecule has 3 nitrogen and oxygen atoms in total. The molecule has 0 spiro atoms. The van der Waals surface area contributed by atoms with E-state index in [9.17, 15) is 4.79 Å². The SMILES string of the molecule is O=C(O)NCC=CI. The number of halogens is 1. The first-order valence-electron chi connectivity index (χ1n) is 1.99. The van der Waals surface area contributed by atoms with E-state index in [1.54, 1.807) is 10.2 Å². The highest BCUT2D eigenvalue weighted by Crippen LogP contribution is 1.80. The van der Waals surface area contributed by atoms with Crippen molar-refractivity contribution < 1.29 is 9.90 Å². The molecule has 0 fully saturated rings. The predicted molar refractivity (Wildman–Crippen MR) is 39.2 cm³/mol. The van der Waals surface area contributed by atoms with Crippen LogP contribution in [0.15, 0.2) is 10.2 Å². The highest BCUT2D eigenvalue weighted by atomic mass is 127. The van der Waals surface area contributed by atoms with Gasteiger partial charge in [0.15, 0.2) is 0 Å². The lowest BCUT2D eigenvalue weighted by atomic mass is 10.6. The van der Waals surface area contributed by atoms with E-state index in [0.717, 1.165) is 0 Å². The quantitative estimate of drug-likeness (QED) is 0.696. The van der Waals surface area contributed by atoms with Crippen molar-refractivity contribution in [3.63, 3.8) is 0 Å². The Morgan fingerprint density at radius 2 is 2.50 bits per heavy atom. The first-order chi connectivity index (χ1) is 3.77. The zero-order valence-electron chi connectivity index (χ0n) is 4.10. The second kappa shape index (κ2) is 4.89. The van der Waals surface area contributed by atoms with Gasteiger partial charge in [0.1, 0.15) is 0 Å². The van der Waals surface area contributed by atoms with Crippen LogP contribution in [0.2, 0.25) is 0 Å². The molecule has 0 rings (SSSR count). The monoisotopic (exact) mass is 227 g/mol. The summed E-state index contributed by atoms with van der Waals surface area (Å²) in [4.78, 5) is 9.73. The summed E-state index contributed by atoms with van der Waals surface area (Å²) in [6.45, 7) is 0.387. The molecule has 0 aliphatic carbocycles. The highest BCUT2D eigenvalue weighted by molar-refractivity contribution is 14.1. The molecule has 0 heterocycles. The number of carboxylic acid groups (broad SMARTS) is 1. The molecule has 1 amide bonds. The Bertz CT molecular complexity index is 102. The van der Waals surface area contributed by atoms with Crippen LogP contribution < -0.4 is 5.32 Å². The summed E-state index contributed by atoms with van der Waals surface area (Å²) in [6.07, 6.45) is 0.730. The van der Waals surface area contributed by atoms with Gasteiger partial charge in [-0.3, -0.25) is 0 Å². The molecule has 0 unspecified atom stereocenters. The molecule has 2 N–H and O–H groups in total. The molecule has 0 aromatic heterocycles. The fraction of sp³-hybridized carbons (Fsp3) is 0.250. The number of hydrogen-bond acceptors (Lipinski definition) is 1. The van der Waals surface area contributed by atoms with Crippen LogP contribution in [0.4, 0.5) is 4.79 Å². The van der Waals surface area contributed by atoms with Crippen LogP contribution in [-0.4, -0.2) is 17.7 Å². The Labute approximate surface area is 60.9 Å². The van der Waals surface area contributed by atoms with E-state index < -0.39 is 6.09 Å². The van der Waals surface area contributed by atoms with Gasteiger partial charge in [-0.05, 0) is 4.08 Å². The largest absolute Gasteiger partial charge is 0.465 e. The van der Waals surface area contributed by atoms with Crippen molar-refractivity contribution >= 4 is 28.7 Å². The number of amides is 1. The van der Waals surface area contributed by atoms with Gasteiger partial charge in [0.25, 0.3) is 0 Å². The Hall–Kier alpha value is -0.260. The lowest BCUT2D eigenvalue weighted by molar-refractivity contribution is 0.195. The maximum Gasteiger partial charge on any atom is 0.404 e. The van der Waals surface area contributed by atoms with Gasteiger partial charge >= 0.3 is 6.09 Å². The molecule has 0 aliphatic heterocycles. The maximum atomic E-state index is 9.73. The number of carbonyl (C=O) groups is 1. The molecule has 8 heavy (non-hydrogen) atoms. The standard InChI is InChI=1S/C4H6INO2/c5-2-1-3-6-4(7)8/h1-2,6H,3H2,(H,7,8). The maximum absolute atomic E-state index is 9.73. The molecule has 0 saturated carbocycles. The van der Waals surface area contributed by atoms with Gasteiger partial charge in [0.2, 0.25) is 0 Å². The lowest BCUT2D eigenvalue weighted by Gasteiger charge is -1.89. The molecular weight excluding hydrogens is 221 g/mol. The lowest BCUT2D eigenvalue weighted by Crippen LogP contribution is -2.20. The summed E-state index contributed by atoms with van der Waals surface area (Å²) < 4.78 is 1.76. The van der Waals surface area contributed by atoms with Crippen LogP contribution in [-0.2, 0) is 0 Å². The molecule has 0 aromatic carbocycles. The third-order valence-corrected chi connectivity index (χ3v) is 0.969. The van der Waals surface area contributed by atoms with Gasteiger partial charge in [-0.1, -0.05) is 28.7 Å². The van der Waals surface area contributed by atoms with Gasteiger partial charge in [-0.25, -0.2) is 4.79 Å². The van der Waals surface area contributed by atoms with E-state index in [1.807, 2.05) is 22.6 Å². The zero-order chi connectivity index (χ0) is 6.41. The second-order valence-corrected chi connectivity index (χ2v) is 1.77. The summed E-state index contributed by atoms with van der Waals surface area (Å²) in [5.41, 5.74) is 0. The van der Waals surface area contributed by atoms with E-state index >= 15 is 0 Å². The minimum atomic E-state index is -0.987. The van der Waals surface area contributed by atoms with Gasteiger partial charge < -0.3 is 10.4 Å². The zero-order valence-corrected chi connectivity index (χ0v) is 6.25. The van der Waals surface area contributed by atoms with Crippen LogP contribution in [0.3, 0.4) is 0 Å². The third-order valence-electron chi connectivity index (χ3n) is 0.460. The van der Waals surface area contributed by atoms with Crippen LogP contribution >= 0.6 is 22.6 Å². The molecule has 0 aromatic rings. The Morgan fingerprint density at radius 1 is 1.88 bits per heavy atom. The molecule has 0 bridgehead atoms. The fourth-order valence-corrected chi connectivity index (χ4v) is 0.445. The number of rotatable bonds is 2. The molecule has 0 atom stereocenters. The van der Waals surface area contributed by atoms with Gasteiger partial charge in [0.05, 0.1) is 0 Å². The summed E-state index contributed by atoms with van der Waals surface area (Å²) in [6, 6.07) is 0. The van der Waals surface area contributed by atoms with Gasteiger partial charge in [-0.2, -0.15) is 0 Å². The minimum Gasteiger partial charge on any atom is -0.465 e. The second-order valence-electron chi connectivity index (χ2n) is 1.05. The van der Waals surface area contributed by atoms with E-state index in [0.29, 0.717) is 6.54 Å². The van der Waals surface area contributed by atoms with E-state index in [4.69, 9.17) is 5.11 Å². The first-order valence-corrected chi connectivity index (χ1v) is 3.24. The first kappa shape index (κ1) is 7.74. The smallest absolute Gasteiger partial charge is 0.404 e. The fourth-order valence-electron chi connectivity index (χ4n) is 0.191. The average molecular weight is 227 g/mol. The molecule has 0 radical (unpaired) electrons. The van der Waals surface area contributed by atoms with Crippen molar-refractivity contribution in [1.82, 2.24) is 5.32 Å². The van der Waals surface area contributed by atoms with Crippen LogP contribution in [0.1, 0.15) is 0 Å². The topological polar surface area (TPSA) is 49.3 Å². The Kier molecular flexibility index (Phi) is 4.73. The van der Waals surface area contributed by atoms with Crippen LogP contribution in [0, 0.1) is 0 Å². The normalized spacial score (nSPS) is 9.62. The van der Waals surface area contributed by atoms with Gasteiger partial charge in [0, 0.05) is 6.54 Å². The summed E-state index contributed by atoms with van der Waals surface area (Å²) >= 11 is 2.02. The minimum absolute atomic E-state index is 0.387. The number of hydrogen-bond donors (Lipinski definition) is 2.